The van der Waals surface area contributed by atoms with Crippen molar-refractivity contribution >= 4 is 11.4 Å². The van der Waals surface area contributed by atoms with Crippen LogP contribution in [-0.4, -0.2) is 0 Å². The summed E-state index contributed by atoms with van der Waals surface area (Å²) in [5.41, 5.74) is 3.88. The first-order valence-electron chi connectivity index (χ1n) is 9.37. The number of hydrogen-bond acceptors (Lipinski definition) is 2. The first-order chi connectivity index (χ1) is 13.9. The Labute approximate surface area is 163 Å². The van der Waals surface area contributed by atoms with E-state index in [1.54, 1.807) is 0 Å². The van der Waals surface area contributed by atoms with Gasteiger partial charge in [0.15, 0.2) is 0 Å². The Morgan fingerprint density at radius 3 is 1.14 bits per heavy atom. The zero-order valence-corrected chi connectivity index (χ0v) is 15.3. The fourth-order valence-electron chi connectivity index (χ4n) is 3.54. The monoisotopic (exact) mass is 358 g/mol. The second-order valence-electron chi connectivity index (χ2n) is 6.69. The van der Waals surface area contributed by atoms with Crippen molar-refractivity contribution in [2.75, 3.05) is 0 Å². The van der Waals surface area contributed by atoms with Gasteiger partial charge < -0.3 is 0 Å². The fourth-order valence-corrected chi connectivity index (χ4v) is 3.54. The topological polar surface area (TPSA) is 24.7 Å². The van der Waals surface area contributed by atoms with Crippen molar-refractivity contribution in [1.82, 2.24) is 0 Å². The zero-order valence-electron chi connectivity index (χ0n) is 15.3. The van der Waals surface area contributed by atoms with Crippen molar-refractivity contribution in [2.45, 2.75) is 0 Å². The third-order valence-corrected chi connectivity index (χ3v) is 4.88. The van der Waals surface area contributed by atoms with Gasteiger partial charge in [0, 0.05) is 21.6 Å². The molecule has 0 saturated heterocycles. The van der Waals surface area contributed by atoms with Crippen molar-refractivity contribution in [3.8, 4) is 0 Å². The van der Waals surface area contributed by atoms with Crippen molar-refractivity contribution < 1.29 is 0 Å². The average Bonchev–Trinajstić information content (AvgIpc) is 2.76. The number of fused-ring (bicyclic) bond motifs is 2. The molecule has 2 nitrogen and oxygen atoms in total. The predicted molar refractivity (Wildman–Crippen MR) is 113 cm³/mol. The van der Waals surface area contributed by atoms with Crippen LogP contribution in [0.3, 0.4) is 0 Å². The highest BCUT2D eigenvalue weighted by molar-refractivity contribution is 5.89. The van der Waals surface area contributed by atoms with Crippen LogP contribution < -0.4 is 10.7 Å². The van der Waals surface area contributed by atoms with E-state index >= 15 is 0 Å². The van der Waals surface area contributed by atoms with Crippen LogP contribution in [0.15, 0.2) is 119 Å². The Morgan fingerprint density at radius 2 is 0.714 bits per heavy atom. The molecule has 28 heavy (non-hydrogen) atoms. The molecule has 132 valence electrons. The van der Waals surface area contributed by atoms with Gasteiger partial charge in [0.2, 0.25) is 0 Å². The Hall–Kier alpha value is -3.78. The number of para-hydroxylation sites is 2. The van der Waals surface area contributed by atoms with Crippen LogP contribution >= 0.6 is 0 Å². The molecule has 4 aromatic rings. The molecule has 0 spiro atoms. The predicted octanol–water partition coefficient (Wildman–Crippen LogP) is 4.75. The Bertz CT molecular complexity index is 1280. The van der Waals surface area contributed by atoms with E-state index < -0.39 is 0 Å². The average molecular weight is 358 g/mol. The summed E-state index contributed by atoms with van der Waals surface area (Å²) in [6.45, 7) is 0. The lowest BCUT2D eigenvalue weighted by atomic mass is 10.0. The van der Waals surface area contributed by atoms with Crippen molar-refractivity contribution in [3.63, 3.8) is 0 Å². The van der Waals surface area contributed by atoms with Gasteiger partial charge in [0.25, 0.3) is 0 Å². The van der Waals surface area contributed by atoms with E-state index in [1.165, 1.54) is 0 Å². The van der Waals surface area contributed by atoms with E-state index in [-0.39, 0.29) is 0 Å². The molecule has 0 atom stereocenters. The van der Waals surface area contributed by atoms with Crippen molar-refractivity contribution in [2.24, 2.45) is 9.98 Å². The molecule has 0 aliphatic carbocycles. The lowest BCUT2D eigenvalue weighted by Gasteiger charge is -2.11. The molecule has 0 radical (unpaired) electrons. The quantitative estimate of drug-likeness (QED) is 0.494. The number of rotatable bonds is 2. The number of hydrogen-bond donors (Lipinski definition) is 0. The maximum atomic E-state index is 5.11. The molecule has 0 amide bonds. The van der Waals surface area contributed by atoms with E-state index in [0.29, 0.717) is 0 Å². The Kier molecular flexibility index (Phi) is 4.15. The van der Waals surface area contributed by atoms with Gasteiger partial charge in [-0.05, 0) is 12.1 Å². The summed E-state index contributed by atoms with van der Waals surface area (Å²) in [6, 6.07) is 37.1. The van der Waals surface area contributed by atoms with Crippen LogP contribution in [0.5, 0.6) is 0 Å². The smallest absolute Gasteiger partial charge is 0.0972 e. The third kappa shape index (κ3) is 2.95. The number of nitrogens with zero attached hydrogens (tertiary/aromatic N) is 2. The largest absolute Gasteiger partial charge is 0.245 e. The highest BCUT2D eigenvalue weighted by atomic mass is 14.8. The summed E-state index contributed by atoms with van der Waals surface area (Å²) in [7, 11) is 0. The van der Waals surface area contributed by atoms with Gasteiger partial charge in [-0.3, -0.25) is 0 Å². The molecular weight excluding hydrogens is 340 g/mol. The molecular formula is C26H18N2. The van der Waals surface area contributed by atoms with E-state index in [2.05, 4.69) is 60.7 Å². The van der Waals surface area contributed by atoms with Gasteiger partial charge in [-0.1, -0.05) is 97.1 Å². The highest BCUT2D eigenvalue weighted by Gasteiger charge is 2.12. The summed E-state index contributed by atoms with van der Waals surface area (Å²) in [5, 5.41) is 4.11. The third-order valence-electron chi connectivity index (χ3n) is 4.88. The molecule has 0 bridgehead atoms. The molecule has 0 N–H and O–H groups in total. The Balaban J connectivity index is 2.01. The lowest BCUT2D eigenvalue weighted by Crippen LogP contribution is -2.13. The standard InChI is InChI=1S/C26H18N2/c1-3-11-19(12-4-1)25-26(20-13-5-2-6-14-20)28-24-18-10-8-16-22(24)21-15-7-9-17-23(21)27-25/h1-18H/b22-21-,26-25-,27-23-,27-25?,28-24-,28-26?. The summed E-state index contributed by atoms with van der Waals surface area (Å²) in [5.74, 6) is 0. The molecule has 0 saturated carbocycles. The van der Waals surface area contributed by atoms with Gasteiger partial charge in [0.05, 0.1) is 22.1 Å². The first kappa shape index (κ1) is 16.4. The molecule has 4 aromatic carbocycles. The van der Waals surface area contributed by atoms with Gasteiger partial charge in [-0.25, -0.2) is 9.98 Å². The minimum Gasteiger partial charge on any atom is -0.245 e. The maximum Gasteiger partial charge on any atom is 0.0972 e. The van der Waals surface area contributed by atoms with Crippen LogP contribution in [0.4, 0.5) is 0 Å². The van der Waals surface area contributed by atoms with Gasteiger partial charge in [0.1, 0.15) is 0 Å². The van der Waals surface area contributed by atoms with Crippen LogP contribution in [0.2, 0.25) is 0 Å². The molecule has 5 rings (SSSR count). The second-order valence-corrected chi connectivity index (χ2v) is 6.69. The summed E-state index contributed by atoms with van der Waals surface area (Å²) >= 11 is 0. The van der Waals surface area contributed by atoms with Gasteiger partial charge >= 0.3 is 0 Å². The first-order valence-corrected chi connectivity index (χ1v) is 9.37. The van der Waals surface area contributed by atoms with Crippen molar-refractivity contribution in [1.29, 1.82) is 0 Å². The van der Waals surface area contributed by atoms with Crippen molar-refractivity contribution in [3.05, 3.63) is 141 Å². The van der Waals surface area contributed by atoms with E-state index in [0.717, 1.165) is 43.7 Å². The molecule has 2 heteroatoms. The minimum absolute atomic E-state index is 0.883. The summed E-state index contributed by atoms with van der Waals surface area (Å²) in [6.07, 6.45) is 0. The molecule has 1 heterocycles. The Morgan fingerprint density at radius 1 is 0.357 bits per heavy atom. The minimum atomic E-state index is 0.883. The molecule has 0 fully saturated rings. The normalized spacial score (nSPS) is 19.0. The molecule has 1 aliphatic rings. The van der Waals surface area contributed by atoms with Crippen LogP contribution in [-0.2, 0) is 0 Å². The van der Waals surface area contributed by atoms with Gasteiger partial charge in [-0.15, -0.1) is 0 Å². The van der Waals surface area contributed by atoms with Crippen LogP contribution in [0.25, 0.3) is 11.4 Å². The van der Waals surface area contributed by atoms with E-state index in [1.807, 2.05) is 48.5 Å². The SMILES string of the molecule is c1ccc(C2=C(c3ccccc3)/N=c3/cccc/c3=c3\cccc\c3=N\2)cc1. The summed E-state index contributed by atoms with van der Waals surface area (Å²) < 4.78 is 0. The van der Waals surface area contributed by atoms with Crippen LogP contribution in [0, 0.1) is 10.4 Å². The van der Waals surface area contributed by atoms with Crippen LogP contribution in [0.1, 0.15) is 11.1 Å². The summed E-state index contributed by atoms with van der Waals surface area (Å²) in [4.78, 5) is 10.2. The lowest BCUT2D eigenvalue weighted by molar-refractivity contribution is 1.21. The molecule has 0 aromatic heterocycles. The molecule has 1 aliphatic heterocycles. The maximum absolute atomic E-state index is 5.11. The molecule has 0 unspecified atom stereocenters. The van der Waals surface area contributed by atoms with Gasteiger partial charge in [-0.2, -0.15) is 0 Å². The zero-order chi connectivity index (χ0) is 18.8. The highest BCUT2D eigenvalue weighted by Crippen LogP contribution is 2.28. The second kappa shape index (κ2) is 7.09. The number of benzene rings is 4. The van der Waals surface area contributed by atoms with E-state index in [9.17, 15) is 0 Å². The fraction of sp³-hybridized carbons (Fsp3) is 0. The van der Waals surface area contributed by atoms with E-state index in [4.69, 9.17) is 9.98 Å².